The standard InChI is InChI=1S/C21H22ClN5O4/c1-3-7-23-19(29)14-6-5-13(10-16(14)22)25-18(28)12-9-15-17(24-11-12)27(8-4-2)21(31)26-20(15)30/h5-6,9-11H,3-4,7-8H2,1-2H3,(H,23,29)(H,25,28)(H,26,30,31). The van der Waals surface area contributed by atoms with Crippen LogP contribution < -0.4 is 21.9 Å². The minimum absolute atomic E-state index is 0.139. The third kappa shape index (κ3) is 4.83. The molecule has 0 saturated carbocycles. The van der Waals surface area contributed by atoms with Crippen molar-refractivity contribution in [1.82, 2.24) is 19.9 Å². The number of anilines is 1. The third-order valence-electron chi connectivity index (χ3n) is 4.55. The summed E-state index contributed by atoms with van der Waals surface area (Å²) in [5.74, 6) is -0.804. The second-order valence-electron chi connectivity index (χ2n) is 6.91. The van der Waals surface area contributed by atoms with Crippen LogP contribution in [0.2, 0.25) is 5.02 Å². The summed E-state index contributed by atoms with van der Waals surface area (Å²) in [6.45, 7) is 4.77. The summed E-state index contributed by atoms with van der Waals surface area (Å²) >= 11 is 6.19. The lowest BCUT2D eigenvalue weighted by Gasteiger charge is -2.10. The van der Waals surface area contributed by atoms with Crippen molar-refractivity contribution in [2.45, 2.75) is 33.2 Å². The lowest BCUT2D eigenvalue weighted by atomic mass is 10.1. The Labute approximate surface area is 182 Å². The van der Waals surface area contributed by atoms with Crippen LogP contribution in [0.4, 0.5) is 5.69 Å². The number of halogens is 1. The van der Waals surface area contributed by atoms with Gasteiger partial charge >= 0.3 is 5.69 Å². The zero-order valence-electron chi connectivity index (χ0n) is 17.1. The van der Waals surface area contributed by atoms with E-state index in [0.717, 1.165) is 6.42 Å². The van der Waals surface area contributed by atoms with E-state index < -0.39 is 17.2 Å². The monoisotopic (exact) mass is 443 g/mol. The van der Waals surface area contributed by atoms with Gasteiger partial charge in [0.2, 0.25) is 0 Å². The molecule has 1 aromatic carbocycles. The van der Waals surface area contributed by atoms with Crippen molar-refractivity contribution in [2.75, 3.05) is 11.9 Å². The van der Waals surface area contributed by atoms with Gasteiger partial charge in [-0.3, -0.25) is 23.9 Å². The lowest BCUT2D eigenvalue weighted by molar-refractivity contribution is 0.0953. The fourth-order valence-electron chi connectivity index (χ4n) is 3.04. The average molecular weight is 444 g/mol. The van der Waals surface area contributed by atoms with Crippen LogP contribution in [0.15, 0.2) is 40.1 Å². The zero-order chi connectivity index (χ0) is 22.5. The number of aromatic nitrogens is 3. The summed E-state index contributed by atoms with van der Waals surface area (Å²) in [7, 11) is 0. The van der Waals surface area contributed by atoms with Crippen molar-refractivity contribution in [1.29, 1.82) is 0 Å². The molecule has 0 unspecified atom stereocenters. The van der Waals surface area contributed by atoms with Gasteiger partial charge in [0.1, 0.15) is 5.65 Å². The van der Waals surface area contributed by atoms with E-state index in [4.69, 9.17) is 11.6 Å². The first-order chi connectivity index (χ1) is 14.8. The summed E-state index contributed by atoms with van der Waals surface area (Å²) in [4.78, 5) is 55.4. The van der Waals surface area contributed by atoms with E-state index in [1.165, 1.54) is 29.0 Å². The van der Waals surface area contributed by atoms with Crippen LogP contribution in [0.5, 0.6) is 0 Å². The van der Waals surface area contributed by atoms with Gasteiger partial charge in [-0.1, -0.05) is 25.4 Å². The highest BCUT2D eigenvalue weighted by Gasteiger charge is 2.15. The molecule has 9 nitrogen and oxygen atoms in total. The molecule has 0 radical (unpaired) electrons. The average Bonchev–Trinajstić information content (AvgIpc) is 2.74. The van der Waals surface area contributed by atoms with E-state index in [2.05, 4.69) is 20.6 Å². The van der Waals surface area contributed by atoms with E-state index in [0.29, 0.717) is 30.8 Å². The van der Waals surface area contributed by atoms with Gasteiger partial charge in [-0.2, -0.15) is 0 Å². The van der Waals surface area contributed by atoms with Crippen molar-refractivity contribution in [3.63, 3.8) is 0 Å². The van der Waals surface area contributed by atoms with Gasteiger partial charge < -0.3 is 10.6 Å². The maximum absolute atomic E-state index is 12.7. The number of H-pyrrole nitrogens is 1. The molecule has 2 aromatic heterocycles. The Bertz CT molecular complexity index is 1260. The van der Waals surface area contributed by atoms with E-state index in [1.54, 1.807) is 6.07 Å². The molecule has 0 fully saturated rings. The number of carbonyl (C=O) groups excluding carboxylic acids is 2. The molecule has 0 aliphatic rings. The topological polar surface area (TPSA) is 126 Å². The number of nitrogens with one attached hydrogen (secondary N) is 3. The Kier molecular flexibility index (Phi) is 6.86. The summed E-state index contributed by atoms with van der Waals surface area (Å²) in [6, 6.07) is 5.94. The molecule has 0 bridgehead atoms. The maximum atomic E-state index is 12.7. The molecular weight excluding hydrogens is 422 g/mol. The second-order valence-corrected chi connectivity index (χ2v) is 7.32. The number of aryl methyl sites for hydroxylation is 1. The van der Waals surface area contributed by atoms with Gasteiger partial charge in [0, 0.05) is 25.0 Å². The number of hydrogen-bond donors (Lipinski definition) is 3. The van der Waals surface area contributed by atoms with Crippen LogP contribution in [-0.2, 0) is 6.54 Å². The van der Waals surface area contributed by atoms with Crippen molar-refractivity contribution in [3.8, 4) is 0 Å². The fraction of sp³-hybridized carbons (Fsp3) is 0.286. The molecule has 0 spiro atoms. The molecule has 3 aromatic rings. The highest BCUT2D eigenvalue weighted by molar-refractivity contribution is 6.34. The van der Waals surface area contributed by atoms with Gasteiger partial charge in [-0.05, 0) is 37.1 Å². The Morgan fingerprint density at radius 3 is 2.58 bits per heavy atom. The predicted molar refractivity (Wildman–Crippen MR) is 119 cm³/mol. The quantitative estimate of drug-likeness (QED) is 0.517. The largest absolute Gasteiger partial charge is 0.352 e. The number of fused-ring (bicyclic) bond motifs is 1. The number of carbonyl (C=O) groups is 2. The van der Waals surface area contributed by atoms with E-state index in [1.807, 2.05) is 13.8 Å². The number of pyridine rings is 1. The first-order valence-corrected chi connectivity index (χ1v) is 10.3. The third-order valence-corrected chi connectivity index (χ3v) is 4.86. The molecule has 2 heterocycles. The summed E-state index contributed by atoms with van der Waals surface area (Å²) in [5.41, 5.74) is -0.104. The van der Waals surface area contributed by atoms with Crippen molar-refractivity contribution >= 4 is 40.1 Å². The number of hydrogen-bond acceptors (Lipinski definition) is 5. The van der Waals surface area contributed by atoms with Crippen LogP contribution in [-0.4, -0.2) is 32.9 Å². The van der Waals surface area contributed by atoms with Crippen LogP contribution in [0.3, 0.4) is 0 Å². The van der Waals surface area contributed by atoms with Crippen LogP contribution in [0, 0.1) is 0 Å². The molecule has 2 amide bonds. The summed E-state index contributed by atoms with van der Waals surface area (Å²) in [5, 5.41) is 5.75. The first-order valence-electron chi connectivity index (χ1n) is 9.87. The molecule has 162 valence electrons. The molecule has 3 rings (SSSR count). The van der Waals surface area contributed by atoms with Crippen LogP contribution in [0.1, 0.15) is 47.4 Å². The Morgan fingerprint density at radius 1 is 1.13 bits per heavy atom. The Hall–Kier alpha value is -3.46. The Morgan fingerprint density at radius 2 is 1.90 bits per heavy atom. The Balaban J connectivity index is 1.87. The van der Waals surface area contributed by atoms with Gasteiger partial charge in [0.25, 0.3) is 17.4 Å². The number of rotatable bonds is 7. The fourth-order valence-corrected chi connectivity index (χ4v) is 3.30. The number of nitrogens with zero attached hydrogens (tertiary/aromatic N) is 2. The van der Waals surface area contributed by atoms with Crippen LogP contribution >= 0.6 is 11.6 Å². The molecular formula is C21H22ClN5O4. The SMILES string of the molecule is CCCNC(=O)c1ccc(NC(=O)c2cnc3c(c2)c(=O)[nH]c(=O)n3CCC)cc1Cl. The van der Waals surface area contributed by atoms with Crippen molar-refractivity contribution < 1.29 is 9.59 Å². The van der Waals surface area contributed by atoms with E-state index >= 15 is 0 Å². The van der Waals surface area contributed by atoms with Gasteiger partial charge in [-0.15, -0.1) is 0 Å². The van der Waals surface area contributed by atoms with E-state index in [-0.39, 0.29) is 27.5 Å². The van der Waals surface area contributed by atoms with Gasteiger partial charge in [0.05, 0.1) is 21.5 Å². The summed E-state index contributed by atoms with van der Waals surface area (Å²) < 4.78 is 1.36. The molecule has 10 heteroatoms. The molecule has 0 aliphatic heterocycles. The zero-order valence-corrected chi connectivity index (χ0v) is 17.9. The second kappa shape index (κ2) is 9.57. The number of benzene rings is 1. The first kappa shape index (κ1) is 22.2. The minimum Gasteiger partial charge on any atom is -0.352 e. The predicted octanol–water partition coefficient (Wildman–Crippen LogP) is 2.54. The molecule has 0 aliphatic carbocycles. The van der Waals surface area contributed by atoms with Crippen molar-refractivity contribution in [3.05, 3.63) is 67.4 Å². The minimum atomic E-state index is -0.611. The lowest BCUT2D eigenvalue weighted by Crippen LogP contribution is -2.31. The molecule has 3 N–H and O–H groups in total. The normalized spacial score (nSPS) is 10.8. The molecule has 0 atom stereocenters. The van der Waals surface area contributed by atoms with Crippen LogP contribution in [0.25, 0.3) is 11.0 Å². The highest BCUT2D eigenvalue weighted by atomic mass is 35.5. The van der Waals surface area contributed by atoms with Gasteiger partial charge in [-0.25, -0.2) is 9.78 Å². The smallest absolute Gasteiger partial charge is 0.329 e. The molecule has 0 saturated heterocycles. The summed E-state index contributed by atoms with van der Waals surface area (Å²) in [6.07, 6.45) is 2.78. The molecule has 31 heavy (non-hydrogen) atoms. The maximum Gasteiger partial charge on any atom is 0.329 e. The highest BCUT2D eigenvalue weighted by Crippen LogP contribution is 2.22. The van der Waals surface area contributed by atoms with Gasteiger partial charge in [0.15, 0.2) is 0 Å². The van der Waals surface area contributed by atoms with E-state index in [9.17, 15) is 19.2 Å². The van der Waals surface area contributed by atoms with Crippen molar-refractivity contribution in [2.24, 2.45) is 0 Å². The number of amides is 2. The number of aromatic amines is 1.